The fourth-order valence-corrected chi connectivity index (χ4v) is 9.34. The zero-order valence-corrected chi connectivity index (χ0v) is 45.1. The van der Waals surface area contributed by atoms with Crippen molar-refractivity contribution >= 4 is 11.9 Å². The molecule has 1 amide bonds. The molecule has 0 saturated carbocycles. The molecule has 3 N–H and O–H groups in total. The molecule has 67 heavy (non-hydrogen) atoms. The molecule has 0 aromatic carbocycles. The standard InChI is InChI=1S/C61H117NO5/c1-3-5-7-9-11-13-15-17-30-33-37-41-45-49-53-59(64)58(57-63)62-60(65)54-50-46-42-38-34-31-28-26-24-22-20-18-19-21-23-25-27-29-32-36-40-44-48-52-56-67-61(66)55-51-47-43-39-35-16-14-12-10-8-6-4-2/h20,22,49,53,58-59,63-64H,3-19,21,23-48,50-52,54-57H2,1-2H3,(H,62,65)/b22-20-,53-49+. The number of esters is 1. The Morgan fingerprint density at radius 3 is 1.06 bits per heavy atom. The Bertz CT molecular complexity index is 1040. The van der Waals surface area contributed by atoms with Crippen molar-refractivity contribution in [1.82, 2.24) is 5.32 Å². The number of amides is 1. The van der Waals surface area contributed by atoms with Gasteiger partial charge in [0, 0.05) is 12.8 Å². The van der Waals surface area contributed by atoms with E-state index in [1.807, 2.05) is 6.08 Å². The highest BCUT2D eigenvalue weighted by Gasteiger charge is 2.18. The van der Waals surface area contributed by atoms with E-state index >= 15 is 0 Å². The lowest BCUT2D eigenvalue weighted by Crippen LogP contribution is -2.45. The summed E-state index contributed by atoms with van der Waals surface area (Å²) in [5.41, 5.74) is 0. The molecule has 0 fully saturated rings. The number of allylic oxidation sites excluding steroid dienone is 3. The van der Waals surface area contributed by atoms with Crippen LogP contribution in [0.5, 0.6) is 0 Å². The van der Waals surface area contributed by atoms with Crippen molar-refractivity contribution in [2.75, 3.05) is 13.2 Å². The maximum absolute atomic E-state index is 12.4. The van der Waals surface area contributed by atoms with Crippen LogP contribution in [-0.2, 0) is 14.3 Å². The molecule has 2 atom stereocenters. The van der Waals surface area contributed by atoms with Crippen molar-refractivity contribution in [2.24, 2.45) is 0 Å². The normalized spacial score (nSPS) is 12.7. The molecule has 0 saturated heterocycles. The van der Waals surface area contributed by atoms with Crippen molar-refractivity contribution in [3.8, 4) is 0 Å². The van der Waals surface area contributed by atoms with Crippen LogP contribution in [0.3, 0.4) is 0 Å². The zero-order chi connectivity index (χ0) is 48.6. The second-order valence-corrected chi connectivity index (χ2v) is 20.7. The quantitative estimate of drug-likeness (QED) is 0.0321. The summed E-state index contributed by atoms with van der Waals surface area (Å²) in [5.74, 6) is -0.0587. The fraction of sp³-hybridized carbons (Fsp3) is 0.902. The lowest BCUT2D eigenvalue weighted by molar-refractivity contribution is -0.143. The van der Waals surface area contributed by atoms with Crippen LogP contribution in [0.2, 0.25) is 0 Å². The molecular weight excluding hydrogens is 827 g/mol. The summed E-state index contributed by atoms with van der Waals surface area (Å²) in [6, 6.07) is -0.630. The van der Waals surface area contributed by atoms with E-state index in [-0.39, 0.29) is 18.5 Å². The Hall–Kier alpha value is -1.66. The van der Waals surface area contributed by atoms with E-state index in [1.165, 1.54) is 263 Å². The highest BCUT2D eigenvalue weighted by Crippen LogP contribution is 2.17. The molecule has 0 aliphatic rings. The third kappa shape index (κ3) is 53.5. The van der Waals surface area contributed by atoms with E-state index in [1.54, 1.807) is 6.08 Å². The van der Waals surface area contributed by atoms with Gasteiger partial charge in [-0.1, -0.05) is 282 Å². The van der Waals surface area contributed by atoms with Crippen molar-refractivity contribution in [1.29, 1.82) is 0 Å². The second-order valence-electron chi connectivity index (χ2n) is 20.7. The van der Waals surface area contributed by atoms with Gasteiger partial charge in [-0.3, -0.25) is 9.59 Å². The average Bonchev–Trinajstić information content (AvgIpc) is 3.33. The van der Waals surface area contributed by atoms with Gasteiger partial charge in [0.1, 0.15) is 0 Å². The minimum Gasteiger partial charge on any atom is -0.466 e. The summed E-state index contributed by atoms with van der Waals surface area (Å²) in [7, 11) is 0. The summed E-state index contributed by atoms with van der Waals surface area (Å²) in [5, 5.41) is 23.1. The Balaban J connectivity index is 3.42. The number of nitrogens with one attached hydrogen (secondary N) is 1. The third-order valence-electron chi connectivity index (χ3n) is 14.0. The molecule has 6 nitrogen and oxygen atoms in total. The number of ether oxygens (including phenoxy) is 1. The van der Waals surface area contributed by atoms with Gasteiger partial charge < -0.3 is 20.3 Å². The van der Waals surface area contributed by atoms with Crippen molar-refractivity contribution in [2.45, 2.75) is 341 Å². The van der Waals surface area contributed by atoms with Gasteiger partial charge in [0.2, 0.25) is 5.91 Å². The predicted molar refractivity (Wildman–Crippen MR) is 292 cm³/mol. The molecule has 396 valence electrons. The predicted octanol–water partition coefficient (Wildman–Crippen LogP) is 18.6. The number of aliphatic hydroxyl groups excluding tert-OH is 2. The van der Waals surface area contributed by atoms with E-state index in [0.29, 0.717) is 19.4 Å². The first kappa shape index (κ1) is 65.3. The van der Waals surface area contributed by atoms with Crippen LogP contribution in [0, 0.1) is 0 Å². The largest absolute Gasteiger partial charge is 0.466 e. The van der Waals surface area contributed by atoms with Crippen molar-refractivity contribution in [3.63, 3.8) is 0 Å². The fourth-order valence-electron chi connectivity index (χ4n) is 9.34. The third-order valence-corrected chi connectivity index (χ3v) is 14.0. The highest BCUT2D eigenvalue weighted by atomic mass is 16.5. The molecule has 2 unspecified atom stereocenters. The van der Waals surface area contributed by atoms with Crippen LogP contribution < -0.4 is 5.32 Å². The van der Waals surface area contributed by atoms with Crippen LogP contribution in [0.1, 0.15) is 328 Å². The zero-order valence-electron chi connectivity index (χ0n) is 45.1. The summed E-state index contributed by atoms with van der Waals surface area (Å²) >= 11 is 0. The Kier molecular flexibility index (Phi) is 55.5. The maximum atomic E-state index is 12.4. The number of unbranched alkanes of at least 4 members (excludes halogenated alkanes) is 43. The minimum absolute atomic E-state index is 0.0128. The van der Waals surface area contributed by atoms with Crippen LogP contribution in [-0.4, -0.2) is 47.4 Å². The number of hydrogen-bond acceptors (Lipinski definition) is 5. The average molecular weight is 945 g/mol. The van der Waals surface area contributed by atoms with Gasteiger partial charge in [-0.15, -0.1) is 0 Å². The molecule has 0 aliphatic heterocycles. The first-order valence-electron chi connectivity index (χ1n) is 30.1. The van der Waals surface area contributed by atoms with E-state index in [2.05, 4.69) is 31.3 Å². The number of carbonyl (C=O) groups is 2. The smallest absolute Gasteiger partial charge is 0.305 e. The number of carbonyl (C=O) groups excluding carboxylic acids is 2. The number of hydrogen-bond donors (Lipinski definition) is 3. The Labute approximate surface area is 418 Å². The molecule has 0 radical (unpaired) electrons. The Morgan fingerprint density at radius 1 is 0.403 bits per heavy atom. The maximum Gasteiger partial charge on any atom is 0.305 e. The van der Waals surface area contributed by atoms with Gasteiger partial charge in [0.25, 0.3) is 0 Å². The molecule has 0 aromatic heterocycles. The molecule has 6 heteroatoms. The van der Waals surface area contributed by atoms with Gasteiger partial charge >= 0.3 is 5.97 Å². The Morgan fingerprint density at radius 2 is 0.701 bits per heavy atom. The SMILES string of the molecule is CCCCCCCCCCCCCC/C=C/C(O)C(CO)NC(=O)CCCCCCCCCC/C=C\CCCCCCCCCCCCCCOC(=O)CCCCCCCCCCCCCC. The molecule has 0 rings (SSSR count). The second kappa shape index (κ2) is 56.9. The number of rotatable bonds is 56. The van der Waals surface area contributed by atoms with Crippen LogP contribution in [0.4, 0.5) is 0 Å². The first-order valence-corrected chi connectivity index (χ1v) is 30.1. The van der Waals surface area contributed by atoms with Crippen LogP contribution in [0.15, 0.2) is 24.3 Å². The molecule has 0 heterocycles. The molecule has 0 spiro atoms. The van der Waals surface area contributed by atoms with Crippen molar-refractivity contribution < 1.29 is 24.5 Å². The lowest BCUT2D eigenvalue weighted by Gasteiger charge is -2.20. The van der Waals surface area contributed by atoms with Gasteiger partial charge in [-0.2, -0.15) is 0 Å². The minimum atomic E-state index is -0.846. The molecule has 0 aromatic rings. The molecule has 0 bridgehead atoms. The van der Waals surface area contributed by atoms with E-state index in [9.17, 15) is 19.8 Å². The van der Waals surface area contributed by atoms with E-state index in [4.69, 9.17) is 4.74 Å². The summed E-state index contributed by atoms with van der Waals surface area (Å²) in [4.78, 5) is 24.5. The lowest BCUT2D eigenvalue weighted by atomic mass is 10.0. The number of aliphatic hydroxyl groups is 2. The van der Waals surface area contributed by atoms with Crippen LogP contribution >= 0.6 is 0 Å². The summed E-state index contributed by atoms with van der Waals surface area (Å²) in [6.45, 7) is 4.91. The highest BCUT2D eigenvalue weighted by molar-refractivity contribution is 5.76. The van der Waals surface area contributed by atoms with Gasteiger partial charge in [-0.05, 0) is 57.8 Å². The van der Waals surface area contributed by atoms with E-state index in [0.717, 1.165) is 38.5 Å². The topological polar surface area (TPSA) is 95.9 Å². The first-order chi connectivity index (χ1) is 33.0. The summed E-state index contributed by atoms with van der Waals surface area (Å²) < 4.78 is 5.47. The van der Waals surface area contributed by atoms with Crippen molar-refractivity contribution in [3.05, 3.63) is 24.3 Å². The molecule has 0 aliphatic carbocycles. The van der Waals surface area contributed by atoms with Gasteiger partial charge in [0.15, 0.2) is 0 Å². The monoisotopic (exact) mass is 944 g/mol. The van der Waals surface area contributed by atoms with Gasteiger partial charge in [-0.25, -0.2) is 0 Å². The molecular formula is C61H117NO5. The van der Waals surface area contributed by atoms with Crippen LogP contribution in [0.25, 0.3) is 0 Å². The van der Waals surface area contributed by atoms with E-state index < -0.39 is 12.1 Å². The van der Waals surface area contributed by atoms with Gasteiger partial charge in [0.05, 0.1) is 25.4 Å². The summed E-state index contributed by atoms with van der Waals surface area (Å²) in [6.07, 6.45) is 69.3.